The lowest BCUT2D eigenvalue weighted by Crippen LogP contribution is -2.39. The van der Waals surface area contributed by atoms with Crippen LogP contribution in [0.4, 0.5) is 5.69 Å². The lowest BCUT2D eigenvalue weighted by Gasteiger charge is -2.26. The molecule has 1 amide bonds. The molecule has 1 aliphatic rings. The third-order valence-corrected chi connectivity index (χ3v) is 3.96. The van der Waals surface area contributed by atoms with Crippen molar-refractivity contribution in [3.63, 3.8) is 0 Å². The Morgan fingerprint density at radius 2 is 2.07 bits per heavy atom. The fraction of sp³-hybridized carbons (Fsp3) is 0.421. The molecule has 2 rings (SSSR count). The van der Waals surface area contributed by atoms with E-state index in [1.807, 2.05) is 6.07 Å². The van der Waals surface area contributed by atoms with Crippen molar-refractivity contribution in [3.05, 3.63) is 41.6 Å². The van der Waals surface area contributed by atoms with Gasteiger partial charge < -0.3 is 20.1 Å². The van der Waals surface area contributed by atoms with Gasteiger partial charge in [0.2, 0.25) is 0 Å². The van der Waals surface area contributed by atoms with Crippen LogP contribution in [0.3, 0.4) is 0 Å². The van der Waals surface area contributed by atoms with E-state index in [1.165, 1.54) is 6.20 Å². The van der Waals surface area contributed by atoms with Crippen LogP contribution in [0.5, 0.6) is 0 Å². The number of nitriles is 1. The van der Waals surface area contributed by atoms with E-state index in [4.69, 9.17) is 9.47 Å². The van der Waals surface area contributed by atoms with Gasteiger partial charge in [-0.15, -0.1) is 0 Å². The normalized spacial score (nSPS) is 14.9. The lowest BCUT2D eigenvalue weighted by molar-refractivity contribution is -0.112. The molecule has 0 aliphatic carbocycles. The van der Waals surface area contributed by atoms with Crippen molar-refractivity contribution in [2.75, 3.05) is 51.3 Å². The van der Waals surface area contributed by atoms with Gasteiger partial charge in [0.1, 0.15) is 11.6 Å². The van der Waals surface area contributed by atoms with Gasteiger partial charge in [-0.05, 0) is 19.1 Å². The van der Waals surface area contributed by atoms with E-state index in [2.05, 4.69) is 15.5 Å². The summed E-state index contributed by atoms with van der Waals surface area (Å²) in [6.07, 6.45) is 1.39. The molecule has 144 valence electrons. The first-order chi connectivity index (χ1) is 13.2. The summed E-state index contributed by atoms with van der Waals surface area (Å²) in [4.78, 5) is 26.6. The number of para-hydroxylation sites is 1. The third kappa shape index (κ3) is 6.40. The van der Waals surface area contributed by atoms with Crippen molar-refractivity contribution >= 4 is 17.6 Å². The molecule has 1 heterocycles. The first-order valence-corrected chi connectivity index (χ1v) is 8.87. The fourth-order valence-corrected chi connectivity index (χ4v) is 2.54. The summed E-state index contributed by atoms with van der Waals surface area (Å²) in [5.74, 6) is -1.12. The number of nitrogens with one attached hydrogen (secondary N) is 2. The Hall–Kier alpha value is -2.89. The quantitative estimate of drug-likeness (QED) is 0.305. The van der Waals surface area contributed by atoms with Crippen LogP contribution in [0.2, 0.25) is 0 Å². The number of esters is 1. The van der Waals surface area contributed by atoms with E-state index < -0.39 is 11.9 Å². The largest absolute Gasteiger partial charge is 0.462 e. The van der Waals surface area contributed by atoms with Crippen LogP contribution in [-0.2, 0) is 14.3 Å². The van der Waals surface area contributed by atoms with Gasteiger partial charge in [0, 0.05) is 32.4 Å². The van der Waals surface area contributed by atoms with Gasteiger partial charge >= 0.3 is 5.97 Å². The van der Waals surface area contributed by atoms with Gasteiger partial charge in [-0.2, -0.15) is 5.26 Å². The third-order valence-electron chi connectivity index (χ3n) is 3.96. The van der Waals surface area contributed by atoms with Crippen LogP contribution in [-0.4, -0.2) is 62.8 Å². The smallest absolute Gasteiger partial charge is 0.340 e. The summed E-state index contributed by atoms with van der Waals surface area (Å²) in [5.41, 5.74) is 0.469. The number of rotatable bonds is 8. The highest BCUT2D eigenvalue weighted by molar-refractivity contribution is 6.09. The molecule has 0 spiro atoms. The van der Waals surface area contributed by atoms with Gasteiger partial charge in [-0.1, -0.05) is 12.1 Å². The topological polar surface area (TPSA) is 104 Å². The van der Waals surface area contributed by atoms with Gasteiger partial charge in [0.05, 0.1) is 31.1 Å². The minimum atomic E-state index is -0.590. The molecular formula is C19H24N4O4. The van der Waals surface area contributed by atoms with E-state index in [0.29, 0.717) is 12.2 Å². The summed E-state index contributed by atoms with van der Waals surface area (Å²) < 4.78 is 10.3. The first kappa shape index (κ1) is 20.4. The average Bonchev–Trinajstić information content (AvgIpc) is 2.69. The number of hydrogen-bond acceptors (Lipinski definition) is 7. The molecule has 1 aliphatic heterocycles. The van der Waals surface area contributed by atoms with E-state index >= 15 is 0 Å². The van der Waals surface area contributed by atoms with Crippen molar-refractivity contribution in [1.82, 2.24) is 10.2 Å². The Morgan fingerprint density at radius 3 is 2.78 bits per heavy atom. The second-order valence-electron chi connectivity index (χ2n) is 5.80. The molecule has 8 heteroatoms. The van der Waals surface area contributed by atoms with E-state index in [-0.39, 0.29) is 17.7 Å². The molecule has 2 N–H and O–H groups in total. The minimum Gasteiger partial charge on any atom is -0.462 e. The predicted molar refractivity (Wildman–Crippen MR) is 100.0 cm³/mol. The van der Waals surface area contributed by atoms with Crippen LogP contribution in [0, 0.1) is 11.3 Å². The van der Waals surface area contributed by atoms with Crippen molar-refractivity contribution in [2.24, 2.45) is 0 Å². The highest BCUT2D eigenvalue weighted by atomic mass is 16.5. The van der Waals surface area contributed by atoms with Crippen molar-refractivity contribution in [3.8, 4) is 6.07 Å². The zero-order valence-electron chi connectivity index (χ0n) is 15.4. The summed E-state index contributed by atoms with van der Waals surface area (Å²) in [6, 6.07) is 8.38. The van der Waals surface area contributed by atoms with E-state index in [0.717, 1.165) is 32.8 Å². The van der Waals surface area contributed by atoms with E-state index in [1.54, 1.807) is 31.2 Å². The summed E-state index contributed by atoms with van der Waals surface area (Å²) in [5, 5.41) is 14.8. The number of nitrogens with zero attached hydrogens (tertiary/aromatic N) is 2. The van der Waals surface area contributed by atoms with Gasteiger partial charge in [0.15, 0.2) is 0 Å². The number of carbonyl (C=O) groups excluding carboxylic acids is 2. The Bertz CT molecular complexity index is 721. The molecule has 27 heavy (non-hydrogen) atoms. The number of carbonyl (C=O) groups is 2. The molecule has 1 fully saturated rings. The number of amides is 1. The average molecular weight is 372 g/mol. The first-order valence-electron chi connectivity index (χ1n) is 8.87. The SMILES string of the molecule is CCOC(=O)c1ccccc1NC(=O)/C(C#N)=C\NCCN1CCOCC1. The number of hydrogen-bond donors (Lipinski definition) is 2. The lowest BCUT2D eigenvalue weighted by atomic mass is 10.1. The molecule has 0 atom stereocenters. The molecular weight excluding hydrogens is 348 g/mol. The maximum absolute atomic E-state index is 12.4. The summed E-state index contributed by atoms with van der Waals surface area (Å²) in [7, 11) is 0. The molecule has 1 aromatic carbocycles. The highest BCUT2D eigenvalue weighted by Crippen LogP contribution is 2.17. The monoisotopic (exact) mass is 372 g/mol. The summed E-state index contributed by atoms with van der Waals surface area (Å²) >= 11 is 0. The second kappa shape index (κ2) is 11.0. The van der Waals surface area contributed by atoms with Gasteiger partial charge in [-0.25, -0.2) is 4.79 Å². The molecule has 1 saturated heterocycles. The minimum absolute atomic E-state index is 0.0735. The van der Waals surface area contributed by atoms with Crippen LogP contribution in [0.15, 0.2) is 36.0 Å². The van der Waals surface area contributed by atoms with Crippen LogP contribution < -0.4 is 10.6 Å². The molecule has 0 aromatic heterocycles. The second-order valence-corrected chi connectivity index (χ2v) is 5.80. The molecule has 0 bridgehead atoms. The predicted octanol–water partition coefficient (Wildman–Crippen LogP) is 1.13. The maximum Gasteiger partial charge on any atom is 0.340 e. The Balaban J connectivity index is 1.92. The van der Waals surface area contributed by atoms with E-state index in [9.17, 15) is 14.9 Å². The molecule has 1 aromatic rings. The molecule has 8 nitrogen and oxygen atoms in total. The highest BCUT2D eigenvalue weighted by Gasteiger charge is 2.16. The van der Waals surface area contributed by atoms with Gasteiger partial charge in [-0.3, -0.25) is 9.69 Å². The zero-order valence-corrected chi connectivity index (χ0v) is 15.4. The Labute approximate surface area is 158 Å². The Morgan fingerprint density at radius 1 is 1.33 bits per heavy atom. The standard InChI is InChI=1S/C19H24N4O4/c1-2-27-19(25)16-5-3-4-6-17(16)22-18(24)15(13-20)14-21-7-8-23-9-11-26-12-10-23/h3-6,14,21H,2,7-12H2,1H3,(H,22,24)/b15-14-. The molecule has 0 unspecified atom stereocenters. The number of morpholine rings is 1. The summed E-state index contributed by atoms with van der Waals surface area (Å²) in [6.45, 7) is 6.55. The number of anilines is 1. The Kier molecular flexibility index (Phi) is 8.29. The zero-order chi connectivity index (χ0) is 19.5. The van der Waals surface area contributed by atoms with Crippen LogP contribution in [0.25, 0.3) is 0 Å². The molecule has 0 saturated carbocycles. The van der Waals surface area contributed by atoms with Crippen LogP contribution in [0.1, 0.15) is 17.3 Å². The van der Waals surface area contributed by atoms with Crippen molar-refractivity contribution in [1.29, 1.82) is 5.26 Å². The van der Waals surface area contributed by atoms with Gasteiger partial charge in [0.25, 0.3) is 5.91 Å². The fourth-order valence-electron chi connectivity index (χ4n) is 2.54. The van der Waals surface area contributed by atoms with Crippen molar-refractivity contribution < 1.29 is 19.1 Å². The van der Waals surface area contributed by atoms with Crippen LogP contribution >= 0.6 is 0 Å². The van der Waals surface area contributed by atoms with Crippen molar-refractivity contribution in [2.45, 2.75) is 6.92 Å². The number of benzene rings is 1. The number of ether oxygens (including phenoxy) is 2. The molecule has 0 radical (unpaired) electrons. The maximum atomic E-state index is 12.4.